The molecule has 0 heterocycles. The van der Waals surface area contributed by atoms with Crippen LogP contribution in [-0.2, 0) is 6.42 Å². The van der Waals surface area contributed by atoms with Gasteiger partial charge in [-0.2, -0.15) is 0 Å². The summed E-state index contributed by atoms with van der Waals surface area (Å²) in [7, 11) is 0. The van der Waals surface area contributed by atoms with Gasteiger partial charge in [0.15, 0.2) is 0 Å². The lowest BCUT2D eigenvalue weighted by atomic mass is 9.58. The fourth-order valence-corrected chi connectivity index (χ4v) is 5.38. The van der Waals surface area contributed by atoms with Gasteiger partial charge >= 0.3 is 0 Å². The van der Waals surface area contributed by atoms with Gasteiger partial charge in [0.1, 0.15) is 5.75 Å². The van der Waals surface area contributed by atoms with E-state index >= 15 is 0 Å². The maximum Gasteiger partial charge on any atom is 0.115 e. The van der Waals surface area contributed by atoms with Crippen LogP contribution in [0.2, 0.25) is 0 Å². The molecule has 0 saturated carbocycles. The van der Waals surface area contributed by atoms with Crippen LogP contribution >= 0.6 is 0 Å². The molecule has 0 aromatic heterocycles. The number of rotatable bonds is 3. The third-order valence-corrected chi connectivity index (χ3v) is 6.73. The van der Waals surface area contributed by atoms with Gasteiger partial charge in [0.25, 0.3) is 0 Å². The van der Waals surface area contributed by atoms with Crippen molar-refractivity contribution < 1.29 is 5.11 Å². The minimum atomic E-state index is 0.401. The molecule has 0 fully saturated rings. The van der Waals surface area contributed by atoms with Crippen molar-refractivity contribution in [2.24, 2.45) is 17.3 Å². The van der Waals surface area contributed by atoms with Gasteiger partial charge < -0.3 is 5.11 Å². The second kappa shape index (κ2) is 5.54. The van der Waals surface area contributed by atoms with Gasteiger partial charge in [0.05, 0.1) is 0 Å². The molecule has 0 amide bonds. The van der Waals surface area contributed by atoms with E-state index in [1.807, 2.05) is 12.1 Å². The number of benzene rings is 1. The zero-order valence-electron chi connectivity index (χ0n) is 14.4. The van der Waals surface area contributed by atoms with Crippen LogP contribution in [0.3, 0.4) is 0 Å². The van der Waals surface area contributed by atoms with E-state index < -0.39 is 0 Å². The number of hydrogen-bond acceptors (Lipinski definition) is 1. The molecule has 0 unspecified atom stereocenters. The molecule has 3 aliphatic carbocycles. The molecule has 0 aliphatic heterocycles. The number of aromatic hydroxyl groups is 1. The number of phenols is 1. The summed E-state index contributed by atoms with van der Waals surface area (Å²) in [5.41, 5.74) is 6.45. The van der Waals surface area contributed by atoms with Gasteiger partial charge in [-0.05, 0) is 84.6 Å². The Labute approximate surface area is 140 Å². The van der Waals surface area contributed by atoms with E-state index in [1.54, 1.807) is 11.1 Å². The van der Waals surface area contributed by atoms with Crippen LogP contribution in [0.25, 0.3) is 5.57 Å². The Hall–Kier alpha value is -1.50. The number of allylic oxidation sites excluding steroid dienone is 4. The van der Waals surface area contributed by atoms with Gasteiger partial charge in [-0.3, -0.25) is 0 Å². The predicted octanol–water partition coefficient (Wildman–Crippen LogP) is 5.88. The lowest BCUT2D eigenvalue weighted by Crippen LogP contribution is -2.36. The topological polar surface area (TPSA) is 20.2 Å². The minimum Gasteiger partial charge on any atom is -0.508 e. The van der Waals surface area contributed by atoms with Crippen molar-refractivity contribution in [3.05, 3.63) is 47.1 Å². The SMILES string of the molecule is CCCCC1=CC[C@H]2[C@@H]3CCc4cc(O)ccc4C3=CC[C@]12C. The molecular formula is C22H28O. The zero-order chi connectivity index (χ0) is 16.0. The van der Waals surface area contributed by atoms with Crippen LogP contribution in [-0.4, -0.2) is 5.11 Å². The van der Waals surface area contributed by atoms with Crippen LogP contribution in [0.4, 0.5) is 0 Å². The molecule has 1 N–H and O–H groups in total. The summed E-state index contributed by atoms with van der Waals surface area (Å²) in [6, 6.07) is 5.97. The molecule has 3 atom stereocenters. The smallest absolute Gasteiger partial charge is 0.115 e. The lowest BCUT2D eigenvalue weighted by Gasteiger charge is -2.46. The van der Waals surface area contributed by atoms with Crippen molar-refractivity contribution in [2.45, 2.75) is 58.8 Å². The molecule has 0 bridgehead atoms. The van der Waals surface area contributed by atoms with E-state index in [9.17, 15) is 5.11 Å². The second-order valence-electron chi connectivity index (χ2n) is 7.94. The standard InChI is InChI=1S/C22H28O/c1-3-4-5-16-7-11-21-20-9-6-15-14-17(23)8-10-18(15)19(20)12-13-22(16,21)2/h7-8,10,12,14,20-21,23H,3-6,9,11,13H2,1-2H3/t20-,21+,22-/m1/s1. The first-order valence-corrected chi connectivity index (χ1v) is 9.35. The summed E-state index contributed by atoms with van der Waals surface area (Å²) < 4.78 is 0. The summed E-state index contributed by atoms with van der Waals surface area (Å²) in [5.74, 6) is 1.91. The van der Waals surface area contributed by atoms with Crippen molar-refractivity contribution >= 4 is 5.57 Å². The zero-order valence-corrected chi connectivity index (χ0v) is 14.4. The second-order valence-corrected chi connectivity index (χ2v) is 7.94. The van der Waals surface area contributed by atoms with Gasteiger partial charge in [-0.15, -0.1) is 0 Å². The van der Waals surface area contributed by atoms with E-state index in [0.717, 1.165) is 12.3 Å². The van der Waals surface area contributed by atoms with E-state index in [1.165, 1.54) is 49.7 Å². The van der Waals surface area contributed by atoms with Crippen LogP contribution in [0.15, 0.2) is 35.9 Å². The summed E-state index contributed by atoms with van der Waals surface area (Å²) in [4.78, 5) is 0. The first-order valence-electron chi connectivity index (χ1n) is 9.35. The van der Waals surface area contributed by atoms with Crippen molar-refractivity contribution in [3.63, 3.8) is 0 Å². The van der Waals surface area contributed by atoms with Crippen molar-refractivity contribution in [3.8, 4) is 5.75 Å². The molecule has 1 heteroatoms. The average molecular weight is 308 g/mol. The van der Waals surface area contributed by atoms with Crippen LogP contribution < -0.4 is 0 Å². The molecule has 122 valence electrons. The highest BCUT2D eigenvalue weighted by atomic mass is 16.3. The van der Waals surface area contributed by atoms with Gasteiger partial charge in [-0.1, -0.05) is 44.1 Å². The number of phenolic OH excluding ortho intramolecular Hbond substituents is 1. The molecule has 0 spiro atoms. The number of fused-ring (bicyclic) bond motifs is 5. The summed E-state index contributed by atoms with van der Waals surface area (Å²) in [6.07, 6.45) is 13.8. The van der Waals surface area contributed by atoms with E-state index in [2.05, 4.69) is 32.1 Å². The third kappa shape index (κ3) is 2.28. The van der Waals surface area contributed by atoms with Crippen LogP contribution in [0.5, 0.6) is 5.75 Å². The quantitative estimate of drug-likeness (QED) is 0.691. The number of aryl methyl sites for hydroxylation is 1. The Kier molecular flexibility index (Phi) is 3.63. The van der Waals surface area contributed by atoms with Gasteiger partial charge in [0.2, 0.25) is 0 Å². The van der Waals surface area contributed by atoms with E-state index in [0.29, 0.717) is 17.1 Å². The van der Waals surface area contributed by atoms with Crippen LogP contribution in [0.1, 0.15) is 63.5 Å². The van der Waals surface area contributed by atoms with Crippen molar-refractivity contribution in [1.82, 2.24) is 0 Å². The average Bonchev–Trinajstić information content (AvgIpc) is 2.89. The van der Waals surface area contributed by atoms with E-state index in [-0.39, 0.29) is 0 Å². The Balaban J connectivity index is 1.67. The largest absolute Gasteiger partial charge is 0.508 e. The first kappa shape index (κ1) is 15.1. The third-order valence-electron chi connectivity index (χ3n) is 6.73. The maximum absolute atomic E-state index is 9.76. The van der Waals surface area contributed by atoms with Gasteiger partial charge in [-0.25, -0.2) is 0 Å². The Morgan fingerprint density at radius 1 is 1.26 bits per heavy atom. The fraction of sp³-hybridized carbons (Fsp3) is 0.545. The normalized spacial score (nSPS) is 31.7. The molecule has 4 rings (SSSR count). The lowest BCUT2D eigenvalue weighted by molar-refractivity contribution is 0.187. The molecular weight excluding hydrogens is 280 g/mol. The highest BCUT2D eigenvalue weighted by Gasteiger charge is 2.48. The first-order chi connectivity index (χ1) is 11.1. The van der Waals surface area contributed by atoms with Crippen LogP contribution in [0, 0.1) is 17.3 Å². The molecule has 0 radical (unpaired) electrons. The Morgan fingerprint density at radius 2 is 2.13 bits per heavy atom. The summed E-state index contributed by atoms with van der Waals surface area (Å²) in [5, 5.41) is 9.76. The van der Waals surface area contributed by atoms with E-state index in [4.69, 9.17) is 0 Å². The Bertz CT molecular complexity index is 681. The summed E-state index contributed by atoms with van der Waals surface area (Å²) >= 11 is 0. The summed E-state index contributed by atoms with van der Waals surface area (Å²) in [6.45, 7) is 4.81. The molecule has 1 nitrogen and oxygen atoms in total. The Morgan fingerprint density at radius 3 is 2.96 bits per heavy atom. The predicted molar refractivity (Wildman–Crippen MR) is 96.3 cm³/mol. The fourth-order valence-electron chi connectivity index (χ4n) is 5.38. The molecule has 0 saturated heterocycles. The molecule has 1 aromatic rings. The number of hydrogen-bond donors (Lipinski definition) is 1. The van der Waals surface area contributed by atoms with Gasteiger partial charge in [0, 0.05) is 0 Å². The minimum absolute atomic E-state index is 0.401. The number of unbranched alkanes of at least 4 members (excludes halogenated alkanes) is 1. The monoisotopic (exact) mass is 308 g/mol. The van der Waals surface area contributed by atoms with Crippen molar-refractivity contribution in [1.29, 1.82) is 0 Å². The highest BCUT2D eigenvalue weighted by Crippen LogP contribution is 2.59. The molecule has 3 aliphatic rings. The molecule has 23 heavy (non-hydrogen) atoms. The maximum atomic E-state index is 9.76. The van der Waals surface area contributed by atoms with Crippen molar-refractivity contribution in [2.75, 3.05) is 0 Å². The molecule has 1 aromatic carbocycles. The highest BCUT2D eigenvalue weighted by molar-refractivity contribution is 5.74.